The second kappa shape index (κ2) is 10.2. The molecule has 2 atom stereocenters. The van der Waals surface area contributed by atoms with Crippen molar-refractivity contribution in [2.45, 2.75) is 57.2 Å². The molecule has 4 aliphatic rings. The first kappa shape index (κ1) is 23.5. The van der Waals surface area contributed by atoms with Crippen molar-refractivity contribution in [2.24, 2.45) is 11.8 Å². The monoisotopic (exact) mass is 486 g/mol. The third kappa shape index (κ3) is 5.20. The number of hydrogen-bond donors (Lipinski definition) is 0. The predicted octanol–water partition coefficient (Wildman–Crippen LogP) is 6.15. The second-order valence-electron chi connectivity index (χ2n) is 10.3. The SMILES string of the molecule is O=C(OC1C[N+]2(CC(=O)c3cccs3)CCC1CC2)OC(c1cccc(F)c1)C1CCCCC1. The van der Waals surface area contributed by atoms with Gasteiger partial charge in [-0.25, -0.2) is 9.18 Å². The zero-order valence-electron chi connectivity index (χ0n) is 19.5. The molecular formula is C27H33FNO4S+. The van der Waals surface area contributed by atoms with E-state index in [0.717, 1.165) is 56.5 Å². The minimum absolute atomic E-state index is 0.167. The van der Waals surface area contributed by atoms with E-state index in [4.69, 9.17) is 9.47 Å². The van der Waals surface area contributed by atoms with Gasteiger partial charge in [0.05, 0.1) is 18.0 Å². The number of Topliss-reactive ketones (excluding diaryl/α,β-unsaturated/α-hetero) is 1. The van der Waals surface area contributed by atoms with Gasteiger partial charge in [0.2, 0.25) is 5.78 Å². The lowest BCUT2D eigenvalue weighted by Crippen LogP contribution is -2.65. The van der Waals surface area contributed by atoms with Gasteiger partial charge in [-0.3, -0.25) is 4.79 Å². The smallest absolute Gasteiger partial charge is 0.426 e. The van der Waals surface area contributed by atoms with Crippen molar-refractivity contribution in [1.29, 1.82) is 0 Å². The summed E-state index contributed by atoms with van der Waals surface area (Å²) >= 11 is 1.48. The summed E-state index contributed by atoms with van der Waals surface area (Å²) in [4.78, 5) is 26.6. The molecule has 1 aliphatic carbocycles. The van der Waals surface area contributed by atoms with Crippen molar-refractivity contribution in [3.63, 3.8) is 0 Å². The summed E-state index contributed by atoms with van der Waals surface area (Å²) in [5, 5.41) is 1.93. The molecule has 182 valence electrons. The van der Waals surface area contributed by atoms with Crippen LogP contribution in [0.2, 0.25) is 0 Å². The molecule has 2 unspecified atom stereocenters. The molecule has 34 heavy (non-hydrogen) atoms. The molecule has 1 aromatic heterocycles. The van der Waals surface area contributed by atoms with Crippen LogP contribution in [0.25, 0.3) is 0 Å². The quantitative estimate of drug-likeness (QED) is 0.267. The average molecular weight is 487 g/mol. The minimum atomic E-state index is -0.665. The first-order chi connectivity index (χ1) is 16.5. The Morgan fingerprint density at radius 3 is 2.56 bits per heavy atom. The summed E-state index contributed by atoms with van der Waals surface area (Å²) in [5.74, 6) is 0.331. The van der Waals surface area contributed by atoms with Gasteiger partial charge in [0.15, 0.2) is 6.10 Å². The summed E-state index contributed by atoms with van der Waals surface area (Å²) in [7, 11) is 0. The van der Waals surface area contributed by atoms with E-state index < -0.39 is 12.3 Å². The zero-order chi connectivity index (χ0) is 23.5. The number of carbonyl (C=O) groups is 2. The zero-order valence-corrected chi connectivity index (χ0v) is 20.3. The molecule has 6 rings (SSSR count). The number of piperidine rings is 3. The van der Waals surface area contributed by atoms with Crippen LogP contribution in [0.5, 0.6) is 0 Å². The molecule has 0 N–H and O–H groups in total. The van der Waals surface area contributed by atoms with E-state index in [1.54, 1.807) is 6.07 Å². The molecule has 7 heteroatoms. The molecule has 2 aromatic rings. The van der Waals surface area contributed by atoms with E-state index in [0.29, 0.717) is 29.1 Å². The fourth-order valence-corrected chi connectivity index (χ4v) is 6.87. The van der Waals surface area contributed by atoms with Crippen molar-refractivity contribution < 1.29 is 27.9 Å². The number of benzene rings is 1. The Balaban J connectivity index is 1.25. The highest BCUT2D eigenvalue weighted by Gasteiger charge is 2.49. The first-order valence-electron chi connectivity index (χ1n) is 12.6. The van der Waals surface area contributed by atoms with Gasteiger partial charge in [0.1, 0.15) is 25.0 Å². The lowest BCUT2D eigenvalue weighted by molar-refractivity contribution is -0.938. The molecule has 0 radical (unpaired) electrons. The number of ether oxygens (including phenoxy) is 2. The molecular weight excluding hydrogens is 453 g/mol. The highest BCUT2D eigenvalue weighted by Crippen LogP contribution is 2.39. The molecule has 1 saturated carbocycles. The van der Waals surface area contributed by atoms with Gasteiger partial charge < -0.3 is 14.0 Å². The number of quaternary nitrogens is 1. The molecule has 2 bridgehead atoms. The number of thiophene rings is 1. The number of rotatable bonds is 7. The number of ketones is 1. The summed E-state index contributed by atoms with van der Waals surface area (Å²) < 4.78 is 26.5. The molecule has 0 spiro atoms. The van der Waals surface area contributed by atoms with E-state index in [1.165, 1.54) is 29.9 Å². The number of nitrogens with zero attached hydrogens (tertiary/aromatic N) is 1. The highest BCUT2D eigenvalue weighted by molar-refractivity contribution is 7.12. The van der Waals surface area contributed by atoms with Crippen molar-refractivity contribution in [1.82, 2.24) is 0 Å². The standard InChI is InChI=1S/C27H33FNO4S/c28-22-9-4-8-21(16-22)26(20-6-2-1-3-7-20)33-27(31)32-24-18-29(13-11-19(24)12-14-29)17-23(30)25-10-5-15-34-25/h4-5,8-10,15-16,19-20,24,26H,1-3,6-7,11-14,17-18H2/q+1. The van der Waals surface area contributed by atoms with Gasteiger partial charge in [0.25, 0.3) is 0 Å². The maximum absolute atomic E-state index is 14.0. The third-order valence-corrected chi connectivity index (χ3v) is 8.95. The Bertz CT molecular complexity index is 996. The van der Waals surface area contributed by atoms with Crippen LogP contribution in [-0.4, -0.2) is 48.7 Å². The Kier molecular flexibility index (Phi) is 7.02. The van der Waals surface area contributed by atoms with Crippen molar-refractivity contribution in [3.8, 4) is 0 Å². The average Bonchev–Trinajstić information content (AvgIpc) is 3.39. The van der Waals surface area contributed by atoms with Gasteiger partial charge in [-0.1, -0.05) is 37.5 Å². The number of carbonyl (C=O) groups excluding carboxylic acids is 2. The highest BCUT2D eigenvalue weighted by atomic mass is 32.1. The fraction of sp³-hybridized carbons (Fsp3) is 0.556. The van der Waals surface area contributed by atoms with Gasteiger partial charge >= 0.3 is 6.16 Å². The van der Waals surface area contributed by atoms with Crippen LogP contribution in [0.3, 0.4) is 0 Å². The first-order valence-corrected chi connectivity index (χ1v) is 13.4. The van der Waals surface area contributed by atoms with E-state index >= 15 is 0 Å². The van der Waals surface area contributed by atoms with Crippen LogP contribution in [0.15, 0.2) is 41.8 Å². The van der Waals surface area contributed by atoms with Crippen molar-refractivity contribution in [2.75, 3.05) is 26.2 Å². The topological polar surface area (TPSA) is 52.6 Å². The third-order valence-electron chi connectivity index (χ3n) is 8.04. The van der Waals surface area contributed by atoms with Crippen LogP contribution >= 0.6 is 11.3 Å². The summed E-state index contributed by atoms with van der Waals surface area (Å²) in [6.45, 7) is 3.01. The van der Waals surface area contributed by atoms with E-state index in [9.17, 15) is 14.0 Å². The second-order valence-corrected chi connectivity index (χ2v) is 11.2. The van der Waals surface area contributed by atoms with Crippen LogP contribution < -0.4 is 0 Å². The van der Waals surface area contributed by atoms with E-state index in [-0.39, 0.29) is 23.6 Å². The molecule has 4 heterocycles. The summed E-state index contributed by atoms with van der Waals surface area (Å²) in [5.41, 5.74) is 0.697. The van der Waals surface area contributed by atoms with Crippen LogP contribution in [-0.2, 0) is 9.47 Å². The molecule has 0 amide bonds. The lowest BCUT2D eigenvalue weighted by Gasteiger charge is -2.51. The van der Waals surface area contributed by atoms with Crippen LogP contribution in [0, 0.1) is 17.7 Å². The summed E-state index contributed by atoms with van der Waals surface area (Å²) in [6.07, 6.45) is 5.80. The van der Waals surface area contributed by atoms with Crippen molar-refractivity contribution in [3.05, 3.63) is 58.0 Å². The van der Waals surface area contributed by atoms with Gasteiger partial charge in [-0.15, -0.1) is 11.3 Å². The Morgan fingerprint density at radius 1 is 1.06 bits per heavy atom. The van der Waals surface area contributed by atoms with Crippen molar-refractivity contribution >= 4 is 23.3 Å². The molecule has 5 nitrogen and oxygen atoms in total. The molecule has 4 fully saturated rings. The van der Waals surface area contributed by atoms with Gasteiger partial charge in [-0.05, 0) is 42.0 Å². The lowest BCUT2D eigenvalue weighted by atomic mass is 9.82. The fourth-order valence-electron chi connectivity index (χ4n) is 6.21. The number of halogens is 1. The maximum atomic E-state index is 14.0. The van der Waals surface area contributed by atoms with Crippen LogP contribution in [0.1, 0.15) is 66.3 Å². The number of hydrogen-bond acceptors (Lipinski definition) is 5. The van der Waals surface area contributed by atoms with Crippen LogP contribution in [0.4, 0.5) is 9.18 Å². The van der Waals surface area contributed by atoms with E-state index in [1.807, 2.05) is 23.6 Å². The largest absolute Gasteiger partial charge is 0.509 e. The predicted molar refractivity (Wildman–Crippen MR) is 128 cm³/mol. The normalized spacial score (nSPS) is 27.8. The van der Waals surface area contributed by atoms with Gasteiger partial charge in [0, 0.05) is 24.7 Å². The molecule has 3 aliphatic heterocycles. The molecule has 3 saturated heterocycles. The Hall–Kier alpha value is -2.25. The summed E-state index contributed by atoms with van der Waals surface area (Å²) in [6, 6.07) is 10.2. The van der Waals surface area contributed by atoms with E-state index in [2.05, 4.69) is 0 Å². The Labute approximate surface area is 204 Å². The Morgan fingerprint density at radius 2 is 1.85 bits per heavy atom. The maximum Gasteiger partial charge on any atom is 0.509 e. The number of fused-ring (bicyclic) bond motifs is 3. The molecule has 1 aromatic carbocycles. The van der Waals surface area contributed by atoms with Gasteiger partial charge in [-0.2, -0.15) is 0 Å². The minimum Gasteiger partial charge on any atom is -0.426 e.